The number of nitrogens with two attached hydrogens (primary N) is 1. The fourth-order valence-electron chi connectivity index (χ4n) is 2.58. The number of barbiturate groups is 1. The lowest BCUT2D eigenvalue weighted by molar-refractivity contribution is -0.123. The molecule has 0 atom stereocenters. The number of rotatable bonds is 5. The van der Waals surface area contributed by atoms with Crippen LogP contribution in [0.1, 0.15) is 5.56 Å². The minimum atomic E-state index is -0.890. The minimum absolute atomic E-state index is 0.206. The average molecular weight is 479 g/mol. The summed E-state index contributed by atoms with van der Waals surface area (Å²) in [5.41, 5.74) is 5.34. The summed E-state index contributed by atoms with van der Waals surface area (Å²) in [4.78, 5) is 49.3. The van der Waals surface area contributed by atoms with Crippen molar-refractivity contribution in [2.45, 2.75) is 0 Å². The molecule has 0 aromatic heterocycles. The Hall–Kier alpha value is -3.17. The lowest BCUT2D eigenvalue weighted by atomic mass is 10.1. The summed E-state index contributed by atoms with van der Waals surface area (Å²) in [6, 6.07) is 9.99. The van der Waals surface area contributed by atoms with Crippen LogP contribution in [0.25, 0.3) is 6.08 Å². The van der Waals surface area contributed by atoms with Gasteiger partial charge in [0.25, 0.3) is 17.7 Å². The van der Waals surface area contributed by atoms with Gasteiger partial charge < -0.3 is 10.5 Å². The van der Waals surface area contributed by atoms with Crippen LogP contribution in [0, 0.1) is 0 Å². The summed E-state index contributed by atoms with van der Waals surface area (Å²) >= 11 is 9.24. The molecule has 29 heavy (non-hydrogen) atoms. The molecule has 148 valence electrons. The number of carbonyl (C=O) groups is 4. The maximum Gasteiger partial charge on any atom is 0.335 e. The number of ether oxygens (including phenoxy) is 1. The number of amides is 5. The molecule has 1 aliphatic rings. The molecule has 3 N–H and O–H groups in total. The third-order valence-electron chi connectivity index (χ3n) is 3.81. The predicted octanol–water partition coefficient (Wildman–Crippen LogP) is 2.63. The summed E-state index contributed by atoms with van der Waals surface area (Å²) in [6.07, 6.45) is 1.27. The SMILES string of the molecule is NC(=O)COc1ccc(Br)cc1/C=C1/C(=O)NC(=O)N(c2cccc(Cl)c2)C1=O. The molecule has 5 amide bonds. The molecular formula is C19H13BrClN3O5. The highest BCUT2D eigenvalue weighted by Crippen LogP contribution is 2.28. The number of anilines is 1. The summed E-state index contributed by atoms with van der Waals surface area (Å²) in [5, 5.41) is 2.44. The van der Waals surface area contributed by atoms with Crippen LogP contribution in [-0.4, -0.2) is 30.4 Å². The zero-order chi connectivity index (χ0) is 21.1. The van der Waals surface area contributed by atoms with E-state index in [0.717, 1.165) is 4.90 Å². The number of imide groups is 2. The van der Waals surface area contributed by atoms with Crippen LogP contribution < -0.4 is 20.7 Å². The van der Waals surface area contributed by atoms with Gasteiger partial charge in [-0.25, -0.2) is 9.69 Å². The van der Waals surface area contributed by atoms with Crippen LogP contribution in [0.4, 0.5) is 10.5 Å². The molecule has 8 nitrogen and oxygen atoms in total. The normalized spacial score (nSPS) is 15.4. The largest absolute Gasteiger partial charge is 0.483 e. The maximum atomic E-state index is 12.9. The Morgan fingerprint density at radius 3 is 2.66 bits per heavy atom. The van der Waals surface area contributed by atoms with E-state index in [4.69, 9.17) is 22.1 Å². The Bertz CT molecular complexity index is 1070. The van der Waals surface area contributed by atoms with Gasteiger partial charge in [0.15, 0.2) is 6.61 Å². The van der Waals surface area contributed by atoms with Crippen LogP contribution in [-0.2, 0) is 14.4 Å². The Balaban J connectivity index is 2.03. The second-order valence-electron chi connectivity index (χ2n) is 5.87. The molecule has 0 radical (unpaired) electrons. The number of primary amides is 1. The van der Waals surface area contributed by atoms with Crippen LogP contribution >= 0.6 is 27.5 Å². The Kier molecular flexibility index (Phi) is 6.00. The molecule has 0 bridgehead atoms. The molecule has 0 saturated carbocycles. The Morgan fingerprint density at radius 1 is 1.21 bits per heavy atom. The van der Waals surface area contributed by atoms with E-state index in [1.54, 1.807) is 30.3 Å². The van der Waals surface area contributed by atoms with Crippen molar-refractivity contribution in [1.82, 2.24) is 5.32 Å². The molecular weight excluding hydrogens is 466 g/mol. The fourth-order valence-corrected chi connectivity index (χ4v) is 3.14. The Labute approximate surface area is 178 Å². The van der Waals surface area contributed by atoms with E-state index < -0.39 is 23.8 Å². The van der Waals surface area contributed by atoms with Crippen LogP contribution in [0.2, 0.25) is 5.02 Å². The third kappa shape index (κ3) is 4.64. The first kappa shape index (κ1) is 20.6. The molecule has 0 unspecified atom stereocenters. The highest BCUT2D eigenvalue weighted by molar-refractivity contribution is 9.10. The first-order valence-electron chi connectivity index (χ1n) is 8.14. The minimum Gasteiger partial charge on any atom is -0.483 e. The monoisotopic (exact) mass is 477 g/mol. The number of hydrogen-bond acceptors (Lipinski definition) is 5. The molecule has 0 aliphatic carbocycles. The first-order valence-corrected chi connectivity index (χ1v) is 9.31. The number of hydrogen-bond donors (Lipinski definition) is 2. The molecule has 10 heteroatoms. The highest BCUT2D eigenvalue weighted by Gasteiger charge is 2.37. The van der Waals surface area contributed by atoms with Crippen molar-refractivity contribution in [2.75, 3.05) is 11.5 Å². The van der Waals surface area contributed by atoms with E-state index >= 15 is 0 Å². The van der Waals surface area contributed by atoms with Crippen molar-refractivity contribution in [2.24, 2.45) is 5.73 Å². The van der Waals surface area contributed by atoms with E-state index in [0.29, 0.717) is 15.1 Å². The van der Waals surface area contributed by atoms with Gasteiger partial charge in [-0.2, -0.15) is 0 Å². The lowest BCUT2D eigenvalue weighted by Crippen LogP contribution is -2.54. The second-order valence-corrected chi connectivity index (χ2v) is 7.23. The van der Waals surface area contributed by atoms with Crippen LogP contribution in [0.5, 0.6) is 5.75 Å². The summed E-state index contributed by atoms with van der Waals surface area (Å²) in [7, 11) is 0. The quantitative estimate of drug-likeness (QED) is 0.506. The van der Waals surface area contributed by atoms with Gasteiger partial charge in [0.2, 0.25) is 0 Å². The molecule has 1 saturated heterocycles. The van der Waals surface area contributed by atoms with Gasteiger partial charge in [-0.1, -0.05) is 33.6 Å². The van der Waals surface area contributed by atoms with Crippen molar-refractivity contribution in [3.63, 3.8) is 0 Å². The first-order chi connectivity index (χ1) is 13.8. The standard InChI is InChI=1S/C19H13BrClN3O5/c20-11-4-5-15(29-9-16(22)25)10(6-11)7-14-17(26)23-19(28)24(18(14)27)13-3-1-2-12(21)8-13/h1-8H,9H2,(H2,22,25)(H,23,26,28)/b14-7-. The molecule has 2 aromatic carbocycles. The molecule has 1 fully saturated rings. The molecule has 1 heterocycles. The van der Waals surface area contributed by atoms with Crippen LogP contribution in [0.3, 0.4) is 0 Å². The van der Waals surface area contributed by atoms with Crippen molar-refractivity contribution in [3.8, 4) is 5.75 Å². The lowest BCUT2D eigenvalue weighted by Gasteiger charge is -2.26. The number of nitrogens with one attached hydrogen (secondary N) is 1. The molecule has 2 aromatic rings. The number of urea groups is 1. The highest BCUT2D eigenvalue weighted by atomic mass is 79.9. The summed E-state index contributed by atoms with van der Waals surface area (Å²) in [6.45, 7) is -0.384. The summed E-state index contributed by atoms with van der Waals surface area (Å²) in [5.74, 6) is -2.15. The zero-order valence-electron chi connectivity index (χ0n) is 14.6. The van der Waals surface area contributed by atoms with Crippen molar-refractivity contribution < 1.29 is 23.9 Å². The van der Waals surface area contributed by atoms with Gasteiger partial charge in [-0.05, 0) is 42.5 Å². The molecule has 0 spiro atoms. The van der Waals surface area contributed by atoms with Crippen molar-refractivity contribution >= 4 is 63.0 Å². The second kappa shape index (κ2) is 8.46. The predicted molar refractivity (Wildman–Crippen MR) is 109 cm³/mol. The average Bonchev–Trinajstić information content (AvgIpc) is 2.64. The smallest absolute Gasteiger partial charge is 0.335 e. The molecule has 1 aliphatic heterocycles. The van der Waals surface area contributed by atoms with Crippen LogP contribution in [0.15, 0.2) is 52.5 Å². The number of carbonyl (C=O) groups excluding carboxylic acids is 4. The van der Waals surface area contributed by atoms with Gasteiger partial charge >= 0.3 is 6.03 Å². The topological polar surface area (TPSA) is 119 Å². The molecule has 3 rings (SSSR count). The Morgan fingerprint density at radius 2 is 1.97 bits per heavy atom. The van der Waals surface area contributed by atoms with Gasteiger partial charge in [0, 0.05) is 15.1 Å². The third-order valence-corrected chi connectivity index (χ3v) is 4.54. The van der Waals surface area contributed by atoms with Crippen molar-refractivity contribution in [3.05, 3.63) is 63.1 Å². The van der Waals surface area contributed by atoms with E-state index in [1.165, 1.54) is 18.2 Å². The van der Waals surface area contributed by atoms with Crippen molar-refractivity contribution in [1.29, 1.82) is 0 Å². The number of benzene rings is 2. The van der Waals surface area contributed by atoms with E-state index in [9.17, 15) is 19.2 Å². The zero-order valence-corrected chi connectivity index (χ0v) is 17.0. The number of halogens is 2. The maximum absolute atomic E-state index is 12.9. The van der Waals surface area contributed by atoms with E-state index in [2.05, 4.69) is 21.2 Å². The van der Waals surface area contributed by atoms with E-state index in [1.807, 2.05) is 0 Å². The fraction of sp³-hybridized carbons (Fsp3) is 0.0526. The van der Waals surface area contributed by atoms with Gasteiger partial charge in [0.1, 0.15) is 11.3 Å². The van der Waals surface area contributed by atoms with Gasteiger partial charge in [-0.3, -0.25) is 19.7 Å². The summed E-state index contributed by atoms with van der Waals surface area (Å²) < 4.78 is 5.97. The number of nitrogens with zero attached hydrogens (tertiary/aromatic N) is 1. The van der Waals surface area contributed by atoms with E-state index in [-0.39, 0.29) is 23.6 Å². The van der Waals surface area contributed by atoms with Gasteiger partial charge in [-0.15, -0.1) is 0 Å². The van der Waals surface area contributed by atoms with Gasteiger partial charge in [0.05, 0.1) is 5.69 Å².